The highest BCUT2D eigenvalue weighted by molar-refractivity contribution is 5.40. The van der Waals surface area contributed by atoms with Crippen molar-refractivity contribution < 1.29 is 0 Å². The molecule has 1 aliphatic rings. The Morgan fingerprint density at radius 3 is 3.10 bits per heavy atom. The molecule has 0 amide bonds. The normalized spacial score (nSPS) is 16.8. The van der Waals surface area contributed by atoms with Crippen LogP contribution in [0.2, 0.25) is 0 Å². The summed E-state index contributed by atoms with van der Waals surface area (Å²) in [5.74, 6) is 0. The maximum atomic E-state index is 3.88. The number of anilines is 1. The Hall–Kier alpha value is -1.05. The standard InChI is InChI=1S/C8H9N2/c1-2-8(6-9-5-1)10-7-3-4-7/h1-2,5,7,10H,3-4H2. The van der Waals surface area contributed by atoms with E-state index in [1.165, 1.54) is 12.8 Å². The Morgan fingerprint density at radius 2 is 2.50 bits per heavy atom. The van der Waals surface area contributed by atoms with Crippen molar-refractivity contribution in [1.29, 1.82) is 0 Å². The first kappa shape index (κ1) is 5.71. The van der Waals surface area contributed by atoms with E-state index >= 15 is 0 Å². The molecule has 0 unspecified atom stereocenters. The lowest BCUT2D eigenvalue weighted by molar-refractivity contribution is 1.14. The molecule has 1 saturated carbocycles. The van der Waals surface area contributed by atoms with Crippen LogP contribution in [0.25, 0.3) is 0 Å². The van der Waals surface area contributed by atoms with E-state index in [0.717, 1.165) is 5.69 Å². The molecule has 0 saturated heterocycles. The molecule has 1 aromatic rings. The Kier molecular flexibility index (Phi) is 1.31. The Morgan fingerprint density at radius 1 is 1.60 bits per heavy atom. The fraction of sp³-hybridized carbons (Fsp3) is 0.375. The van der Waals surface area contributed by atoms with Crippen molar-refractivity contribution in [2.24, 2.45) is 0 Å². The fourth-order valence-electron chi connectivity index (χ4n) is 0.854. The molecule has 2 rings (SSSR count). The predicted octanol–water partition coefficient (Wildman–Crippen LogP) is 1.46. The maximum absolute atomic E-state index is 3.88. The molecular weight excluding hydrogens is 124 g/mol. The highest BCUT2D eigenvalue weighted by Gasteiger charge is 2.20. The lowest BCUT2D eigenvalue weighted by atomic mass is 10.4. The number of aromatic nitrogens is 1. The lowest BCUT2D eigenvalue weighted by Crippen LogP contribution is -2.00. The Balaban J connectivity index is 2.03. The molecule has 1 heterocycles. The average molecular weight is 133 g/mol. The third-order valence-electron chi connectivity index (χ3n) is 1.55. The van der Waals surface area contributed by atoms with Gasteiger partial charge in [-0.1, -0.05) is 0 Å². The summed E-state index contributed by atoms with van der Waals surface area (Å²) in [7, 11) is 0. The minimum atomic E-state index is 0.695. The first-order valence-electron chi connectivity index (χ1n) is 3.54. The zero-order valence-electron chi connectivity index (χ0n) is 5.67. The van der Waals surface area contributed by atoms with Crippen LogP contribution in [0.4, 0.5) is 5.69 Å². The summed E-state index contributed by atoms with van der Waals surface area (Å²) >= 11 is 0. The van der Waals surface area contributed by atoms with Crippen LogP contribution < -0.4 is 5.32 Å². The highest BCUT2D eigenvalue weighted by Crippen LogP contribution is 2.23. The van der Waals surface area contributed by atoms with Gasteiger partial charge < -0.3 is 5.32 Å². The predicted molar refractivity (Wildman–Crippen MR) is 39.7 cm³/mol. The van der Waals surface area contributed by atoms with Crippen molar-refractivity contribution in [3.8, 4) is 0 Å². The molecule has 1 fully saturated rings. The third-order valence-corrected chi connectivity index (χ3v) is 1.55. The van der Waals surface area contributed by atoms with Crippen molar-refractivity contribution >= 4 is 5.69 Å². The summed E-state index contributed by atoms with van der Waals surface area (Å²) in [6, 6.07) is 4.60. The van der Waals surface area contributed by atoms with Gasteiger partial charge in [-0.25, -0.2) is 0 Å². The first-order chi connectivity index (χ1) is 4.95. The van der Waals surface area contributed by atoms with Crippen LogP contribution >= 0.6 is 0 Å². The van der Waals surface area contributed by atoms with Crippen LogP contribution in [0.3, 0.4) is 0 Å². The number of hydrogen-bond acceptors (Lipinski definition) is 2. The van der Waals surface area contributed by atoms with Gasteiger partial charge in [-0.3, -0.25) is 4.98 Å². The van der Waals surface area contributed by atoms with Gasteiger partial charge in [0.1, 0.15) is 6.20 Å². The van der Waals surface area contributed by atoms with Gasteiger partial charge in [0.25, 0.3) is 0 Å². The molecule has 1 aliphatic carbocycles. The summed E-state index contributed by atoms with van der Waals surface area (Å²) in [5.41, 5.74) is 1.02. The molecule has 10 heavy (non-hydrogen) atoms. The molecule has 0 aromatic carbocycles. The summed E-state index contributed by atoms with van der Waals surface area (Å²) in [6.07, 6.45) is 7.20. The van der Waals surface area contributed by atoms with Crippen LogP contribution in [0.5, 0.6) is 0 Å². The van der Waals surface area contributed by atoms with E-state index in [4.69, 9.17) is 0 Å². The fourth-order valence-corrected chi connectivity index (χ4v) is 0.854. The maximum Gasteiger partial charge on any atom is 0.114 e. The molecule has 51 valence electrons. The second-order valence-corrected chi connectivity index (χ2v) is 2.58. The van der Waals surface area contributed by atoms with Crippen molar-refractivity contribution in [1.82, 2.24) is 4.98 Å². The molecule has 0 aliphatic heterocycles. The zero-order valence-corrected chi connectivity index (χ0v) is 5.67. The van der Waals surface area contributed by atoms with Crippen LogP contribution in [0.15, 0.2) is 18.3 Å². The smallest absolute Gasteiger partial charge is 0.114 e. The summed E-state index contributed by atoms with van der Waals surface area (Å²) < 4.78 is 0. The second-order valence-electron chi connectivity index (χ2n) is 2.58. The van der Waals surface area contributed by atoms with Crippen LogP contribution in [-0.2, 0) is 0 Å². The molecule has 1 N–H and O–H groups in total. The van der Waals surface area contributed by atoms with Gasteiger partial charge in [-0.15, -0.1) is 0 Å². The Bertz CT molecular complexity index is 204. The zero-order chi connectivity index (χ0) is 6.81. The van der Waals surface area contributed by atoms with Crippen LogP contribution in [-0.4, -0.2) is 11.0 Å². The van der Waals surface area contributed by atoms with Crippen molar-refractivity contribution in [3.05, 3.63) is 24.5 Å². The first-order valence-corrected chi connectivity index (χ1v) is 3.54. The van der Waals surface area contributed by atoms with Gasteiger partial charge in [-0.05, 0) is 25.0 Å². The SMILES string of the molecule is [c]1ncccc1NC1CC1. The third kappa shape index (κ3) is 1.26. The quantitative estimate of drug-likeness (QED) is 0.660. The lowest BCUT2D eigenvalue weighted by Gasteiger charge is -1.99. The van der Waals surface area contributed by atoms with Crippen molar-refractivity contribution in [2.45, 2.75) is 18.9 Å². The van der Waals surface area contributed by atoms with E-state index in [-0.39, 0.29) is 0 Å². The summed E-state index contributed by atoms with van der Waals surface area (Å²) in [4.78, 5) is 3.88. The van der Waals surface area contributed by atoms with Gasteiger partial charge in [0.15, 0.2) is 0 Å². The van der Waals surface area contributed by atoms with Crippen molar-refractivity contribution in [2.75, 3.05) is 5.32 Å². The number of pyridine rings is 1. The number of nitrogens with one attached hydrogen (secondary N) is 1. The minimum Gasteiger partial charge on any atom is -0.380 e. The van der Waals surface area contributed by atoms with E-state index < -0.39 is 0 Å². The van der Waals surface area contributed by atoms with Gasteiger partial charge in [-0.2, -0.15) is 0 Å². The van der Waals surface area contributed by atoms with E-state index in [2.05, 4.69) is 16.5 Å². The largest absolute Gasteiger partial charge is 0.380 e. The second kappa shape index (κ2) is 2.29. The van der Waals surface area contributed by atoms with Gasteiger partial charge in [0.05, 0.1) is 5.69 Å². The van der Waals surface area contributed by atoms with Gasteiger partial charge in [0.2, 0.25) is 0 Å². The number of hydrogen-bond donors (Lipinski definition) is 1. The summed E-state index contributed by atoms with van der Waals surface area (Å²) in [6.45, 7) is 0. The van der Waals surface area contributed by atoms with E-state index in [9.17, 15) is 0 Å². The number of nitrogens with zero attached hydrogens (tertiary/aromatic N) is 1. The molecule has 1 radical (unpaired) electrons. The topological polar surface area (TPSA) is 24.9 Å². The summed E-state index contributed by atoms with van der Waals surface area (Å²) in [5, 5.41) is 3.30. The average Bonchev–Trinajstić information content (AvgIpc) is 2.74. The Labute approximate surface area is 60.3 Å². The molecule has 1 aromatic heterocycles. The van der Waals surface area contributed by atoms with Crippen molar-refractivity contribution in [3.63, 3.8) is 0 Å². The van der Waals surface area contributed by atoms with Crippen LogP contribution in [0.1, 0.15) is 12.8 Å². The van der Waals surface area contributed by atoms with E-state index in [0.29, 0.717) is 6.04 Å². The van der Waals surface area contributed by atoms with E-state index in [1.807, 2.05) is 12.1 Å². The molecule has 0 atom stereocenters. The van der Waals surface area contributed by atoms with Crippen LogP contribution in [0, 0.1) is 6.20 Å². The van der Waals surface area contributed by atoms with E-state index in [1.54, 1.807) is 6.20 Å². The monoisotopic (exact) mass is 133 g/mol. The highest BCUT2D eigenvalue weighted by atomic mass is 15.0. The van der Waals surface area contributed by atoms with Gasteiger partial charge in [0, 0.05) is 12.2 Å². The minimum absolute atomic E-state index is 0.695. The molecule has 2 nitrogen and oxygen atoms in total. The number of rotatable bonds is 2. The van der Waals surface area contributed by atoms with Gasteiger partial charge >= 0.3 is 0 Å². The molecule has 0 bridgehead atoms. The molecule has 0 spiro atoms. The molecular formula is C8H9N2. The molecule has 2 heteroatoms.